The molecular weight excluding hydrogens is 417 g/mol. The smallest absolute Gasteiger partial charge is 0.406 e. The molecule has 0 aliphatic carbocycles. The van der Waals surface area contributed by atoms with Crippen LogP contribution in [0.15, 0.2) is 48.5 Å². The van der Waals surface area contributed by atoms with Crippen LogP contribution in [0.25, 0.3) is 0 Å². The van der Waals surface area contributed by atoms with Gasteiger partial charge in [-0.15, -0.1) is 13.2 Å². The van der Waals surface area contributed by atoms with Crippen LogP contribution in [0.3, 0.4) is 0 Å². The monoisotopic (exact) mass is 450 g/mol. The van der Waals surface area contributed by atoms with Gasteiger partial charge in [0.05, 0.1) is 0 Å². The van der Waals surface area contributed by atoms with Crippen molar-refractivity contribution in [1.29, 1.82) is 0 Å². The Morgan fingerprint density at radius 1 is 1.00 bits per heavy atom. The molecular formula is C25H33F3N2O2. The number of amides is 1. The molecule has 0 aliphatic heterocycles. The summed E-state index contributed by atoms with van der Waals surface area (Å²) in [5, 5.41) is 2.61. The molecule has 0 saturated carbocycles. The Bertz CT molecular complexity index is 901. The van der Waals surface area contributed by atoms with Gasteiger partial charge in [0.25, 0.3) is 0 Å². The predicted octanol–water partition coefficient (Wildman–Crippen LogP) is 6.76. The molecule has 4 nitrogen and oxygen atoms in total. The Morgan fingerprint density at radius 2 is 1.62 bits per heavy atom. The Hall–Kier alpha value is -2.70. The van der Waals surface area contributed by atoms with Gasteiger partial charge < -0.3 is 15.0 Å². The van der Waals surface area contributed by atoms with Crippen molar-refractivity contribution >= 4 is 17.3 Å². The number of alkyl halides is 3. The molecule has 0 bridgehead atoms. The van der Waals surface area contributed by atoms with E-state index in [0.29, 0.717) is 6.54 Å². The van der Waals surface area contributed by atoms with Crippen LogP contribution in [0, 0.1) is 5.41 Å². The van der Waals surface area contributed by atoms with E-state index in [0.717, 1.165) is 18.2 Å². The van der Waals surface area contributed by atoms with Crippen LogP contribution in [0.4, 0.5) is 24.5 Å². The highest BCUT2D eigenvalue weighted by molar-refractivity contribution is 5.91. The average Bonchev–Trinajstić information content (AvgIpc) is 2.63. The van der Waals surface area contributed by atoms with E-state index >= 15 is 0 Å². The first kappa shape index (κ1) is 25.6. The molecule has 0 fully saturated rings. The normalized spacial score (nSPS) is 12.4. The van der Waals surface area contributed by atoms with Gasteiger partial charge in [-0.1, -0.05) is 52.8 Å². The number of nitrogens with zero attached hydrogens (tertiary/aromatic N) is 1. The Morgan fingerprint density at radius 3 is 2.19 bits per heavy atom. The highest BCUT2D eigenvalue weighted by atomic mass is 19.4. The van der Waals surface area contributed by atoms with Gasteiger partial charge in [0.15, 0.2) is 0 Å². The summed E-state index contributed by atoms with van der Waals surface area (Å²) in [6.45, 7) is 11.7. The number of carbonyl (C=O) groups excluding carboxylic acids is 1. The molecule has 1 N–H and O–H groups in total. The second-order valence-electron chi connectivity index (χ2n) is 9.96. The minimum absolute atomic E-state index is 0.0552. The third-order valence-electron chi connectivity index (χ3n) is 5.09. The van der Waals surface area contributed by atoms with Crippen molar-refractivity contribution in [3.63, 3.8) is 0 Å². The maximum absolute atomic E-state index is 12.4. The second-order valence-corrected chi connectivity index (χ2v) is 9.96. The van der Waals surface area contributed by atoms with Crippen molar-refractivity contribution in [2.24, 2.45) is 5.41 Å². The third kappa shape index (κ3) is 8.44. The summed E-state index contributed by atoms with van der Waals surface area (Å²) in [5.41, 5.74) is 2.80. The van der Waals surface area contributed by atoms with Crippen molar-refractivity contribution in [2.45, 2.75) is 59.2 Å². The zero-order valence-electron chi connectivity index (χ0n) is 19.6. The number of halogens is 3. The van der Waals surface area contributed by atoms with Gasteiger partial charge in [0, 0.05) is 37.5 Å². The Kier molecular flexibility index (Phi) is 7.86. The van der Waals surface area contributed by atoms with E-state index in [4.69, 9.17) is 0 Å². The Balaban J connectivity index is 1.92. The van der Waals surface area contributed by atoms with Crippen molar-refractivity contribution in [3.8, 4) is 5.75 Å². The van der Waals surface area contributed by atoms with Crippen LogP contribution in [-0.4, -0.2) is 25.9 Å². The van der Waals surface area contributed by atoms with Gasteiger partial charge in [-0.05, 0) is 47.1 Å². The molecule has 2 rings (SSSR count). The van der Waals surface area contributed by atoms with E-state index in [1.807, 2.05) is 11.9 Å². The molecule has 0 saturated heterocycles. The molecule has 7 heteroatoms. The first-order valence-corrected chi connectivity index (χ1v) is 10.6. The molecule has 0 heterocycles. The minimum atomic E-state index is -4.77. The Labute approximate surface area is 188 Å². The summed E-state index contributed by atoms with van der Waals surface area (Å²) >= 11 is 0. The highest BCUT2D eigenvalue weighted by Crippen LogP contribution is 2.36. The summed E-state index contributed by atoms with van der Waals surface area (Å²) in [6.07, 6.45) is -3.52. The number of benzene rings is 2. The summed E-state index contributed by atoms with van der Waals surface area (Å²) in [4.78, 5) is 14.2. The summed E-state index contributed by atoms with van der Waals surface area (Å²) in [7, 11) is 1.90. The van der Waals surface area contributed by atoms with Crippen molar-refractivity contribution in [1.82, 2.24) is 0 Å². The molecule has 1 amide bonds. The van der Waals surface area contributed by atoms with Crippen LogP contribution in [0.1, 0.15) is 53.0 Å². The van der Waals surface area contributed by atoms with Crippen molar-refractivity contribution in [3.05, 3.63) is 54.1 Å². The van der Waals surface area contributed by atoms with Gasteiger partial charge in [0.1, 0.15) is 5.75 Å². The standard InChI is InChI=1S/C25H33F3N2O2/c1-23(2,3)17-24(4,5)18-10-12-20(13-11-18)30(6)15-14-22(31)29-19-8-7-9-21(16-19)32-25(26,27)28/h7-13,16H,14-15,17H2,1-6H3,(H,29,31). The second kappa shape index (κ2) is 9.84. The third-order valence-corrected chi connectivity index (χ3v) is 5.09. The summed E-state index contributed by atoms with van der Waals surface area (Å²) < 4.78 is 40.9. The number of ether oxygens (including phenoxy) is 1. The van der Waals surface area contributed by atoms with Gasteiger partial charge in [-0.25, -0.2) is 0 Å². The number of rotatable bonds is 8. The first-order chi connectivity index (χ1) is 14.6. The van der Waals surface area contributed by atoms with Gasteiger partial charge in [-0.3, -0.25) is 4.79 Å². The average molecular weight is 451 g/mol. The van der Waals surface area contributed by atoms with Crippen LogP contribution < -0.4 is 15.0 Å². The number of hydrogen-bond acceptors (Lipinski definition) is 3. The summed E-state index contributed by atoms with van der Waals surface area (Å²) in [6, 6.07) is 13.6. The lowest BCUT2D eigenvalue weighted by molar-refractivity contribution is -0.274. The molecule has 0 radical (unpaired) electrons. The van der Waals surface area contributed by atoms with E-state index in [1.165, 1.54) is 23.8 Å². The predicted molar refractivity (Wildman–Crippen MR) is 123 cm³/mol. The topological polar surface area (TPSA) is 41.6 Å². The lowest BCUT2D eigenvalue weighted by atomic mass is 9.72. The van der Waals surface area contributed by atoms with Gasteiger partial charge in [-0.2, -0.15) is 0 Å². The largest absolute Gasteiger partial charge is 0.573 e. The van der Waals surface area contributed by atoms with Crippen LogP contribution in [0.2, 0.25) is 0 Å². The van der Waals surface area contributed by atoms with Gasteiger partial charge >= 0.3 is 6.36 Å². The van der Waals surface area contributed by atoms with Crippen LogP contribution in [0.5, 0.6) is 5.75 Å². The quantitative estimate of drug-likeness (QED) is 0.483. The molecule has 0 atom stereocenters. The number of anilines is 2. The SMILES string of the molecule is CN(CCC(=O)Nc1cccc(OC(F)(F)F)c1)c1ccc(C(C)(C)CC(C)(C)C)cc1. The fourth-order valence-corrected chi connectivity index (χ4v) is 3.99. The number of carbonyl (C=O) groups is 1. The van der Waals surface area contributed by atoms with E-state index < -0.39 is 6.36 Å². The maximum atomic E-state index is 12.4. The molecule has 32 heavy (non-hydrogen) atoms. The zero-order valence-corrected chi connectivity index (χ0v) is 19.6. The molecule has 0 aromatic heterocycles. The van der Waals surface area contributed by atoms with Gasteiger partial charge in [0.2, 0.25) is 5.91 Å². The lowest BCUT2D eigenvalue weighted by Gasteiger charge is -2.33. The van der Waals surface area contributed by atoms with E-state index in [2.05, 4.69) is 68.9 Å². The number of hydrogen-bond donors (Lipinski definition) is 1. The molecule has 2 aromatic carbocycles. The van der Waals surface area contributed by atoms with Crippen molar-refractivity contribution < 1.29 is 22.7 Å². The maximum Gasteiger partial charge on any atom is 0.573 e. The molecule has 0 aliphatic rings. The van der Waals surface area contributed by atoms with Crippen LogP contribution >= 0.6 is 0 Å². The highest BCUT2D eigenvalue weighted by Gasteiger charge is 2.31. The fraction of sp³-hybridized carbons (Fsp3) is 0.480. The van der Waals surface area contributed by atoms with E-state index in [-0.39, 0.29) is 34.6 Å². The first-order valence-electron chi connectivity index (χ1n) is 10.6. The number of nitrogens with one attached hydrogen (secondary N) is 1. The lowest BCUT2D eigenvalue weighted by Crippen LogP contribution is -2.26. The molecule has 2 aromatic rings. The minimum Gasteiger partial charge on any atom is -0.406 e. The van der Waals surface area contributed by atoms with Crippen LogP contribution in [-0.2, 0) is 10.2 Å². The van der Waals surface area contributed by atoms with E-state index in [1.54, 1.807) is 0 Å². The molecule has 0 unspecified atom stereocenters. The zero-order chi connectivity index (χ0) is 24.2. The fourth-order valence-electron chi connectivity index (χ4n) is 3.99. The van der Waals surface area contributed by atoms with E-state index in [9.17, 15) is 18.0 Å². The summed E-state index contributed by atoms with van der Waals surface area (Å²) in [5.74, 6) is -0.661. The molecule has 0 spiro atoms. The van der Waals surface area contributed by atoms with Crippen molar-refractivity contribution in [2.75, 3.05) is 23.8 Å². The molecule has 176 valence electrons.